The predicted molar refractivity (Wildman–Crippen MR) is 53.8 cm³/mol. The van der Waals surface area contributed by atoms with Crippen molar-refractivity contribution in [2.75, 3.05) is 6.54 Å². The SMILES string of the molecule is C=C(Cl)C(=O)NC1CCCCNC1=O. The van der Waals surface area contributed by atoms with E-state index in [0.29, 0.717) is 13.0 Å². The van der Waals surface area contributed by atoms with Crippen LogP contribution in [0.15, 0.2) is 11.6 Å². The zero-order chi connectivity index (χ0) is 10.6. The molecule has 0 radical (unpaired) electrons. The summed E-state index contributed by atoms with van der Waals surface area (Å²) < 4.78 is 0. The molecular weight excluding hydrogens is 204 g/mol. The molecular formula is C9H13ClN2O2. The molecule has 0 aromatic carbocycles. The molecule has 5 heteroatoms. The van der Waals surface area contributed by atoms with Gasteiger partial charge in [-0.05, 0) is 19.3 Å². The number of amides is 2. The van der Waals surface area contributed by atoms with Crippen molar-refractivity contribution < 1.29 is 9.59 Å². The number of nitrogens with one attached hydrogen (secondary N) is 2. The van der Waals surface area contributed by atoms with Gasteiger partial charge < -0.3 is 10.6 Å². The van der Waals surface area contributed by atoms with Crippen LogP contribution in [0.4, 0.5) is 0 Å². The van der Waals surface area contributed by atoms with Crippen molar-refractivity contribution in [2.24, 2.45) is 0 Å². The Kier molecular flexibility index (Phi) is 3.95. The highest BCUT2D eigenvalue weighted by Gasteiger charge is 2.22. The van der Waals surface area contributed by atoms with Crippen LogP contribution in [-0.4, -0.2) is 24.4 Å². The Hall–Kier alpha value is -1.03. The summed E-state index contributed by atoms with van der Waals surface area (Å²) in [6, 6.07) is -0.472. The molecule has 1 atom stereocenters. The molecule has 2 N–H and O–H groups in total. The molecule has 78 valence electrons. The van der Waals surface area contributed by atoms with Crippen LogP contribution in [-0.2, 0) is 9.59 Å². The first-order valence-corrected chi connectivity index (χ1v) is 4.92. The second-order valence-electron chi connectivity index (χ2n) is 3.22. The highest BCUT2D eigenvalue weighted by Crippen LogP contribution is 2.06. The van der Waals surface area contributed by atoms with E-state index in [1.165, 1.54) is 0 Å². The summed E-state index contributed by atoms with van der Waals surface area (Å²) in [5.41, 5.74) is 0. The lowest BCUT2D eigenvalue weighted by atomic mass is 10.1. The normalized spacial score (nSPS) is 22.1. The van der Waals surface area contributed by atoms with Gasteiger partial charge in [0.15, 0.2) is 0 Å². The van der Waals surface area contributed by atoms with E-state index < -0.39 is 11.9 Å². The van der Waals surface area contributed by atoms with E-state index in [2.05, 4.69) is 17.2 Å². The lowest BCUT2D eigenvalue weighted by Gasteiger charge is -2.14. The standard InChI is InChI=1S/C9H13ClN2O2/c1-6(10)8(13)12-7-4-2-3-5-11-9(7)14/h7H,1-5H2,(H,11,14)(H,12,13). The molecule has 1 saturated heterocycles. The van der Waals surface area contributed by atoms with Gasteiger partial charge >= 0.3 is 0 Å². The smallest absolute Gasteiger partial charge is 0.262 e. The molecule has 0 aliphatic carbocycles. The third kappa shape index (κ3) is 3.03. The third-order valence-corrected chi connectivity index (χ3v) is 2.26. The predicted octanol–water partition coefficient (Wildman–Crippen LogP) is 0.524. The maximum Gasteiger partial charge on any atom is 0.262 e. The summed E-state index contributed by atoms with van der Waals surface area (Å²) in [4.78, 5) is 22.5. The van der Waals surface area contributed by atoms with E-state index in [4.69, 9.17) is 11.6 Å². The highest BCUT2D eigenvalue weighted by molar-refractivity contribution is 6.41. The average molecular weight is 217 g/mol. The fourth-order valence-electron chi connectivity index (χ4n) is 1.31. The monoisotopic (exact) mass is 216 g/mol. The van der Waals surface area contributed by atoms with Crippen LogP contribution in [0.25, 0.3) is 0 Å². The zero-order valence-electron chi connectivity index (χ0n) is 7.81. The molecule has 1 heterocycles. The van der Waals surface area contributed by atoms with E-state index >= 15 is 0 Å². The number of halogens is 1. The molecule has 14 heavy (non-hydrogen) atoms. The molecule has 4 nitrogen and oxygen atoms in total. The molecule has 2 amide bonds. The Morgan fingerprint density at radius 1 is 1.57 bits per heavy atom. The quantitative estimate of drug-likeness (QED) is 0.662. The van der Waals surface area contributed by atoms with Gasteiger partial charge in [-0.25, -0.2) is 0 Å². The molecule has 1 rings (SSSR count). The molecule has 1 fully saturated rings. The molecule has 1 unspecified atom stereocenters. The molecule has 0 spiro atoms. The summed E-state index contributed by atoms with van der Waals surface area (Å²) in [5.74, 6) is -0.623. The first-order chi connectivity index (χ1) is 6.61. The van der Waals surface area contributed by atoms with E-state index in [9.17, 15) is 9.59 Å². The van der Waals surface area contributed by atoms with E-state index in [1.54, 1.807) is 0 Å². The number of carbonyl (C=O) groups excluding carboxylic acids is 2. The minimum atomic E-state index is -0.478. The van der Waals surface area contributed by atoms with Gasteiger partial charge in [-0.2, -0.15) is 0 Å². The van der Waals surface area contributed by atoms with Gasteiger partial charge in [0.2, 0.25) is 5.91 Å². The van der Waals surface area contributed by atoms with Crippen LogP contribution >= 0.6 is 11.6 Å². The van der Waals surface area contributed by atoms with Crippen molar-refractivity contribution in [1.29, 1.82) is 0 Å². The summed E-state index contributed by atoms with van der Waals surface area (Å²) in [6.07, 6.45) is 2.51. The second kappa shape index (κ2) is 5.00. The molecule has 1 aliphatic heterocycles. The van der Waals surface area contributed by atoms with Crippen molar-refractivity contribution in [2.45, 2.75) is 25.3 Å². The summed E-state index contributed by atoms with van der Waals surface area (Å²) in [7, 11) is 0. The lowest BCUT2D eigenvalue weighted by Crippen LogP contribution is -2.45. The fourth-order valence-corrected chi connectivity index (χ4v) is 1.37. The molecule has 0 bridgehead atoms. The van der Waals surface area contributed by atoms with Gasteiger partial charge in [0.05, 0.1) is 5.03 Å². The van der Waals surface area contributed by atoms with Crippen LogP contribution < -0.4 is 10.6 Å². The first kappa shape index (κ1) is 11.0. The van der Waals surface area contributed by atoms with Crippen molar-refractivity contribution in [3.8, 4) is 0 Å². The van der Waals surface area contributed by atoms with E-state index in [1.807, 2.05) is 0 Å². The zero-order valence-corrected chi connectivity index (χ0v) is 8.56. The van der Waals surface area contributed by atoms with Gasteiger partial charge in [-0.1, -0.05) is 18.2 Å². The third-order valence-electron chi connectivity index (χ3n) is 2.09. The van der Waals surface area contributed by atoms with Crippen LogP contribution in [0.2, 0.25) is 0 Å². The summed E-state index contributed by atoms with van der Waals surface area (Å²) in [6.45, 7) is 3.96. The highest BCUT2D eigenvalue weighted by atomic mass is 35.5. The maximum absolute atomic E-state index is 11.4. The molecule has 1 aliphatic rings. The van der Waals surface area contributed by atoms with Crippen molar-refractivity contribution >= 4 is 23.4 Å². The number of hydrogen-bond acceptors (Lipinski definition) is 2. The van der Waals surface area contributed by atoms with E-state index in [-0.39, 0.29) is 10.9 Å². The Bertz CT molecular complexity index is 266. The average Bonchev–Trinajstić information content (AvgIpc) is 2.32. The molecule has 0 aromatic rings. The van der Waals surface area contributed by atoms with Crippen LogP contribution in [0.1, 0.15) is 19.3 Å². The van der Waals surface area contributed by atoms with Crippen molar-refractivity contribution in [1.82, 2.24) is 10.6 Å². The first-order valence-electron chi connectivity index (χ1n) is 4.54. The van der Waals surface area contributed by atoms with E-state index in [0.717, 1.165) is 12.8 Å². The van der Waals surface area contributed by atoms with Gasteiger partial charge in [-0.15, -0.1) is 0 Å². The maximum atomic E-state index is 11.4. The molecule has 0 saturated carbocycles. The van der Waals surface area contributed by atoms with Gasteiger partial charge in [-0.3, -0.25) is 9.59 Å². The van der Waals surface area contributed by atoms with Crippen molar-refractivity contribution in [3.63, 3.8) is 0 Å². The number of rotatable bonds is 2. The Morgan fingerprint density at radius 2 is 2.29 bits per heavy atom. The second-order valence-corrected chi connectivity index (χ2v) is 3.67. The largest absolute Gasteiger partial charge is 0.354 e. The van der Waals surface area contributed by atoms with Gasteiger partial charge in [0, 0.05) is 6.54 Å². The number of carbonyl (C=O) groups is 2. The summed E-state index contributed by atoms with van der Waals surface area (Å²) >= 11 is 5.40. The number of hydrogen-bond donors (Lipinski definition) is 2. The lowest BCUT2D eigenvalue weighted by molar-refractivity contribution is -0.127. The molecule has 0 aromatic heterocycles. The Morgan fingerprint density at radius 3 is 2.93 bits per heavy atom. The van der Waals surface area contributed by atoms with Crippen LogP contribution in [0.3, 0.4) is 0 Å². The Labute approximate surface area is 87.7 Å². The fraction of sp³-hybridized carbons (Fsp3) is 0.556. The minimum Gasteiger partial charge on any atom is -0.354 e. The van der Waals surface area contributed by atoms with Crippen molar-refractivity contribution in [3.05, 3.63) is 11.6 Å². The van der Waals surface area contributed by atoms with Gasteiger partial charge in [0.1, 0.15) is 6.04 Å². The summed E-state index contributed by atoms with van der Waals surface area (Å²) in [5, 5.41) is 5.14. The topological polar surface area (TPSA) is 58.2 Å². The minimum absolute atomic E-state index is 0.0953. The van der Waals surface area contributed by atoms with Crippen LogP contribution in [0, 0.1) is 0 Å². The Balaban J connectivity index is 2.52. The van der Waals surface area contributed by atoms with Gasteiger partial charge in [0.25, 0.3) is 5.91 Å². The van der Waals surface area contributed by atoms with Crippen LogP contribution in [0.5, 0.6) is 0 Å².